The maximum absolute atomic E-state index is 13.9. The fraction of sp³-hybridized carbons (Fsp3) is 0.607. The highest BCUT2D eigenvalue weighted by Gasteiger charge is 2.44. The van der Waals surface area contributed by atoms with Crippen LogP contribution in [0.1, 0.15) is 31.7 Å². The van der Waals surface area contributed by atoms with Gasteiger partial charge in [0.1, 0.15) is 17.5 Å². The number of hydrazone groups is 1. The number of likely N-dealkylation sites (tertiary alicyclic amines) is 1. The van der Waals surface area contributed by atoms with Gasteiger partial charge in [0.25, 0.3) is 0 Å². The number of pyridine rings is 1. The van der Waals surface area contributed by atoms with E-state index in [2.05, 4.69) is 33.4 Å². The smallest absolute Gasteiger partial charge is 0.375 e. The number of anilines is 1. The molecule has 4 rings (SSSR count). The number of carbonyl (C=O) groups is 2. The number of halogens is 3. The maximum atomic E-state index is 13.9. The number of allylic oxidation sites excluding steroid dienone is 1. The zero-order valence-corrected chi connectivity index (χ0v) is 24.0. The minimum Gasteiger partial charge on any atom is -0.375 e. The number of nitrogens with zero attached hydrogens (tertiary/aromatic N) is 6. The van der Waals surface area contributed by atoms with Crippen LogP contribution in [0.5, 0.6) is 0 Å². The van der Waals surface area contributed by atoms with Crippen LogP contribution in [0.15, 0.2) is 29.6 Å². The van der Waals surface area contributed by atoms with Gasteiger partial charge >= 0.3 is 12.1 Å². The molecule has 0 aromatic carbocycles. The molecular weight excluding hydrogens is 553 g/mol. The molecule has 3 fully saturated rings. The molecule has 1 aromatic rings. The van der Waals surface area contributed by atoms with E-state index in [9.17, 15) is 22.8 Å². The van der Waals surface area contributed by atoms with Crippen molar-refractivity contribution in [1.82, 2.24) is 25.5 Å². The number of piperazine rings is 1. The number of hydrogen-bond donors (Lipinski definition) is 2. The van der Waals surface area contributed by atoms with Crippen molar-refractivity contribution < 1.29 is 32.2 Å². The molecule has 0 radical (unpaired) electrons. The fourth-order valence-electron chi connectivity index (χ4n) is 5.84. The Hall–Kier alpha value is -3.70. The molecule has 0 spiro atoms. The minimum absolute atomic E-state index is 0.0562. The number of amides is 2. The van der Waals surface area contributed by atoms with E-state index < -0.39 is 17.7 Å². The number of aromatic nitrogens is 1. The molecule has 3 aliphatic heterocycles. The highest BCUT2D eigenvalue weighted by molar-refractivity contribution is 5.94. The highest BCUT2D eigenvalue weighted by atomic mass is 19.4. The van der Waals surface area contributed by atoms with Crippen molar-refractivity contribution in [2.75, 3.05) is 64.4 Å². The second kappa shape index (κ2) is 13.5. The summed E-state index contributed by atoms with van der Waals surface area (Å²) in [5, 5.41) is 12.2. The lowest BCUT2D eigenvalue weighted by Gasteiger charge is -2.39. The Balaban J connectivity index is 1.31. The van der Waals surface area contributed by atoms with Crippen LogP contribution < -0.4 is 15.6 Å². The molecule has 42 heavy (non-hydrogen) atoms. The molecule has 1 aromatic heterocycles. The number of carbonyl (C=O) groups excluding carboxylic acids is 2. The van der Waals surface area contributed by atoms with Crippen molar-refractivity contribution in [3.63, 3.8) is 0 Å². The highest BCUT2D eigenvalue weighted by Crippen LogP contribution is 2.33. The van der Waals surface area contributed by atoms with Crippen LogP contribution in [0.25, 0.3) is 0 Å². The van der Waals surface area contributed by atoms with Gasteiger partial charge in [-0.15, -0.1) is 10.1 Å². The third kappa shape index (κ3) is 7.57. The van der Waals surface area contributed by atoms with E-state index in [-0.39, 0.29) is 36.3 Å². The normalized spacial score (nSPS) is 23.7. The van der Waals surface area contributed by atoms with Crippen molar-refractivity contribution in [3.05, 3.63) is 35.2 Å². The standard InChI is InChI=1S/C28H37F3N8O3/c1-19(25(28(29,30)31)26(40)35-36(2)3)39-8-4-5-22(39)18-42-23-13-21(16-33-17-23)27(41)38-11-9-37(10-12-38)24-7-6-20(14-32)15-34-24/h6-7,15,21-23,33H,2,4-5,8-13,16-18H2,1,3H3/p+1/b25-19-/t21-,22+,23?/m1/s1. The van der Waals surface area contributed by atoms with Crippen molar-refractivity contribution in [2.24, 2.45) is 5.92 Å². The molecule has 0 saturated carbocycles. The molecule has 0 aliphatic carbocycles. The van der Waals surface area contributed by atoms with Gasteiger partial charge in [-0.3, -0.25) is 9.59 Å². The van der Waals surface area contributed by atoms with Crippen LogP contribution in [0, 0.1) is 17.2 Å². The molecule has 2 amide bonds. The van der Waals surface area contributed by atoms with E-state index in [0.717, 1.165) is 10.5 Å². The molecule has 228 valence electrons. The predicted octanol–water partition coefficient (Wildman–Crippen LogP) is 1.27. The van der Waals surface area contributed by atoms with E-state index in [0.29, 0.717) is 70.6 Å². The third-order valence-electron chi connectivity index (χ3n) is 7.95. The van der Waals surface area contributed by atoms with Crippen molar-refractivity contribution in [3.8, 4) is 6.07 Å². The number of ether oxygens (including phenoxy) is 1. The Morgan fingerprint density at radius 3 is 2.60 bits per heavy atom. The topological polar surface area (TPSA) is 117 Å². The Labute approximate surface area is 243 Å². The monoisotopic (exact) mass is 591 g/mol. The number of nitriles is 1. The van der Waals surface area contributed by atoms with Gasteiger partial charge in [0.15, 0.2) is 13.8 Å². The number of nitrogens with one attached hydrogen (secondary N) is 2. The molecule has 2 N–H and O–H groups in total. The lowest BCUT2D eigenvalue weighted by atomic mass is 9.95. The summed E-state index contributed by atoms with van der Waals surface area (Å²) >= 11 is 0. The largest absolute Gasteiger partial charge is 0.423 e. The van der Waals surface area contributed by atoms with Gasteiger partial charge in [-0.1, -0.05) is 0 Å². The second-order valence-corrected chi connectivity index (χ2v) is 11.0. The van der Waals surface area contributed by atoms with E-state index >= 15 is 0 Å². The molecule has 1 unspecified atom stereocenters. The molecular formula is C28H38F3N8O3+. The van der Waals surface area contributed by atoms with E-state index in [1.165, 1.54) is 20.2 Å². The predicted molar refractivity (Wildman–Crippen MR) is 148 cm³/mol. The molecule has 3 aliphatic rings. The van der Waals surface area contributed by atoms with Crippen LogP contribution in [0.4, 0.5) is 19.0 Å². The van der Waals surface area contributed by atoms with Gasteiger partial charge in [0.2, 0.25) is 5.91 Å². The van der Waals surface area contributed by atoms with Crippen LogP contribution in [0.2, 0.25) is 0 Å². The zero-order valence-electron chi connectivity index (χ0n) is 24.0. The zero-order chi connectivity index (χ0) is 30.4. The first-order valence-electron chi connectivity index (χ1n) is 14.1. The average Bonchev–Trinajstić information content (AvgIpc) is 3.44. The maximum Gasteiger partial charge on any atom is 0.423 e. The van der Waals surface area contributed by atoms with Gasteiger partial charge in [-0.2, -0.15) is 18.4 Å². The summed E-state index contributed by atoms with van der Waals surface area (Å²) in [5.74, 6) is -0.681. The summed E-state index contributed by atoms with van der Waals surface area (Å²) in [6, 6.07) is 5.28. The Morgan fingerprint density at radius 2 is 1.98 bits per heavy atom. The molecule has 3 atom stereocenters. The van der Waals surface area contributed by atoms with E-state index in [4.69, 9.17) is 10.00 Å². The van der Waals surface area contributed by atoms with Crippen molar-refractivity contribution >= 4 is 24.3 Å². The van der Waals surface area contributed by atoms with Crippen LogP contribution in [-0.4, -0.2) is 116 Å². The SMILES string of the molecule is C=[N+](C)NC(=O)/C(=C(\C)N1CCC[C@H]1COC1CNC[C@H](C(=O)N2CCN(c3ccc(C#N)cn3)CC2)C1)C(F)(F)F. The number of piperidine rings is 1. The van der Waals surface area contributed by atoms with E-state index in [1.807, 2.05) is 11.0 Å². The first-order valence-corrected chi connectivity index (χ1v) is 14.1. The third-order valence-corrected chi connectivity index (χ3v) is 7.95. The Morgan fingerprint density at radius 1 is 1.24 bits per heavy atom. The van der Waals surface area contributed by atoms with Gasteiger partial charge < -0.3 is 24.8 Å². The van der Waals surface area contributed by atoms with Gasteiger partial charge in [-0.25, -0.2) is 4.98 Å². The number of hydrazine groups is 1. The van der Waals surface area contributed by atoms with Gasteiger partial charge in [0.05, 0.1) is 30.2 Å². The molecule has 3 saturated heterocycles. The molecule has 11 nitrogen and oxygen atoms in total. The van der Waals surface area contributed by atoms with Gasteiger partial charge in [0, 0.05) is 57.7 Å². The first kappa shape index (κ1) is 31.2. The van der Waals surface area contributed by atoms with Gasteiger partial charge in [-0.05, 0) is 38.3 Å². The number of hydrogen-bond acceptors (Lipinski definition) is 8. The Kier molecular flexibility index (Phi) is 10.1. The summed E-state index contributed by atoms with van der Waals surface area (Å²) in [6.07, 6.45) is -1.70. The summed E-state index contributed by atoms with van der Waals surface area (Å²) in [5.41, 5.74) is 1.21. The number of alkyl halides is 3. The molecule has 14 heteroatoms. The summed E-state index contributed by atoms with van der Waals surface area (Å²) in [4.78, 5) is 35.6. The quantitative estimate of drug-likeness (QED) is 0.201. The lowest BCUT2D eigenvalue weighted by Crippen LogP contribution is -2.54. The Bertz CT molecular complexity index is 1220. The minimum atomic E-state index is -4.83. The second-order valence-electron chi connectivity index (χ2n) is 11.0. The molecule has 0 bridgehead atoms. The van der Waals surface area contributed by atoms with Crippen molar-refractivity contribution in [2.45, 2.75) is 44.5 Å². The van der Waals surface area contributed by atoms with Crippen LogP contribution in [-0.2, 0) is 14.3 Å². The average molecular weight is 592 g/mol. The van der Waals surface area contributed by atoms with Crippen LogP contribution in [0.3, 0.4) is 0 Å². The first-order chi connectivity index (χ1) is 20.0. The summed E-state index contributed by atoms with van der Waals surface area (Å²) in [6.45, 7) is 8.79. The van der Waals surface area contributed by atoms with Crippen molar-refractivity contribution in [1.29, 1.82) is 5.26 Å². The lowest BCUT2D eigenvalue weighted by molar-refractivity contribution is -0.537. The summed E-state index contributed by atoms with van der Waals surface area (Å²) in [7, 11) is 1.35. The summed E-state index contributed by atoms with van der Waals surface area (Å²) < 4.78 is 48.7. The van der Waals surface area contributed by atoms with E-state index in [1.54, 1.807) is 11.0 Å². The van der Waals surface area contributed by atoms with Crippen LogP contribution >= 0.6 is 0 Å². The number of rotatable bonds is 8. The fourth-order valence-corrected chi connectivity index (χ4v) is 5.84. The molecule has 4 heterocycles.